The lowest BCUT2D eigenvalue weighted by atomic mass is 10.1. The highest BCUT2D eigenvalue weighted by atomic mass is 19.1. The Kier molecular flexibility index (Phi) is 6.98. The van der Waals surface area contributed by atoms with Crippen molar-refractivity contribution in [2.75, 3.05) is 19.6 Å². The van der Waals surface area contributed by atoms with Gasteiger partial charge in [-0.2, -0.15) is 5.10 Å². The smallest absolute Gasteiger partial charge is 0.237 e. The SMILES string of the molecule is CC(C)CCN1CCNC(=O)C1CC(=O)NCc1cnn(-c2ccc(F)cc2)c1. The minimum absolute atomic E-state index is 0.0840. The molecule has 1 aliphatic heterocycles. The molecule has 1 aromatic carbocycles. The van der Waals surface area contributed by atoms with Crippen molar-refractivity contribution in [3.8, 4) is 5.69 Å². The van der Waals surface area contributed by atoms with Crippen LogP contribution in [-0.4, -0.2) is 52.2 Å². The van der Waals surface area contributed by atoms with Crippen molar-refractivity contribution in [3.63, 3.8) is 0 Å². The number of hydrogen-bond acceptors (Lipinski definition) is 4. The Balaban J connectivity index is 1.53. The number of aromatic nitrogens is 2. The van der Waals surface area contributed by atoms with Crippen LogP contribution in [0.1, 0.15) is 32.3 Å². The molecule has 1 atom stereocenters. The van der Waals surface area contributed by atoms with E-state index in [9.17, 15) is 14.0 Å². The molecule has 0 bridgehead atoms. The van der Waals surface area contributed by atoms with Crippen LogP contribution >= 0.6 is 0 Å². The Labute approximate surface area is 170 Å². The van der Waals surface area contributed by atoms with Gasteiger partial charge in [-0.3, -0.25) is 14.5 Å². The number of carbonyl (C=O) groups excluding carboxylic acids is 2. The molecule has 2 heterocycles. The Morgan fingerprint density at radius 2 is 2.10 bits per heavy atom. The summed E-state index contributed by atoms with van der Waals surface area (Å²) in [7, 11) is 0. The molecule has 7 nitrogen and oxygen atoms in total. The van der Waals surface area contributed by atoms with Crippen LogP contribution in [0.15, 0.2) is 36.7 Å². The number of nitrogens with zero attached hydrogens (tertiary/aromatic N) is 3. The van der Waals surface area contributed by atoms with E-state index < -0.39 is 6.04 Å². The third kappa shape index (κ3) is 5.87. The lowest BCUT2D eigenvalue weighted by molar-refractivity contribution is -0.134. The maximum atomic E-state index is 13.0. The molecule has 1 saturated heterocycles. The van der Waals surface area contributed by atoms with E-state index in [4.69, 9.17) is 0 Å². The Hall–Kier alpha value is -2.74. The van der Waals surface area contributed by atoms with Crippen LogP contribution < -0.4 is 10.6 Å². The second-order valence-electron chi connectivity index (χ2n) is 7.78. The average Bonchev–Trinajstić information content (AvgIpc) is 3.16. The van der Waals surface area contributed by atoms with Crippen LogP contribution in [0.4, 0.5) is 4.39 Å². The van der Waals surface area contributed by atoms with Crippen LogP contribution in [0.25, 0.3) is 5.69 Å². The van der Waals surface area contributed by atoms with Crippen molar-refractivity contribution in [3.05, 3.63) is 48.0 Å². The minimum Gasteiger partial charge on any atom is -0.353 e. The molecule has 1 aliphatic rings. The van der Waals surface area contributed by atoms with Gasteiger partial charge in [0, 0.05) is 31.4 Å². The van der Waals surface area contributed by atoms with E-state index in [0.717, 1.165) is 30.8 Å². The molecular weight excluding hydrogens is 373 g/mol. The van der Waals surface area contributed by atoms with Crippen LogP contribution in [0, 0.1) is 11.7 Å². The first-order chi connectivity index (χ1) is 13.9. The monoisotopic (exact) mass is 401 g/mol. The lowest BCUT2D eigenvalue weighted by Gasteiger charge is -2.35. The quantitative estimate of drug-likeness (QED) is 0.708. The predicted molar refractivity (Wildman–Crippen MR) is 108 cm³/mol. The van der Waals surface area contributed by atoms with Gasteiger partial charge in [0.15, 0.2) is 0 Å². The van der Waals surface area contributed by atoms with Gasteiger partial charge in [0.1, 0.15) is 5.82 Å². The molecule has 2 aromatic rings. The molecule has 0 spiro atoms. The molecule has 0 radical (unpaired) electrons. The molecular formula is C21H28FN5O2. The molecule has 1 aromatic heterocycles. The third-order valence-electron chi connectivity index (χ3n) is 5.03. The molecule has 156 valence electrons. The van der Waals surface area contributed by atoms with Crippen LogP contribution in [-0.2, 0) is 16.1 Å². The Bertz CT molecular complexity index is 834. The van der Waals surface area contributed by atoms with E-state index in [0.29, 0.717) is 19.0 Å². The first-order valence-electron chi connectivity index (χ1n) is 10.0. The highest BCUT2D eigenvalue weighted by Gasteiger charge is 2.31. The van der Waals surface area contributed by atoms with E-state index in [1.165, 1.54) is 12.1 Å². The number of carbonyl (C=O) groups is 2. The van der Waals surface area contributed by atoms with Gasteiger partial charge < -0.3 is 10.6 Å². The zero-order chi connectivity index (χ0) is 20.8. The van der Waals surface area contributed by atoms with Gasteiger partial charge in [-0.15, -0.1) is 0 Å². The summed E-state index contributed by atoms with van der Waals surface area (Å²) in [6.07, 6.45) is 4.58. The number of benzene rings is 1. The fourth-order valence-corrected chi connectivity index (χ4v) is 3.31. The number of nitrogens with one attached hydrogen (secondary N) is 2. The van der Waals surface area contributed by atoms with Crippen LogP contribution in [0.2, 0.25) is 0 Å². The molecule has 29 heavy (non-hydrogen) atoms. The summed E-state index contributed by atoms with van der Waals surface area (Å²) in [4.78, 5) is 26.8. The molecule has 0 saturated carbocycles. The van der Waals surface area contributed by atoms with Gasteiger partial charge in [-0.1, -0.05) is 13.8 Å². The summed E-state index contributed by atoms with van der Waals surface area (Å²) >= 11 is 0. The van der Waals surface area contributed by atoms with Crippen molar-refractivity contribution < 1.29 is 14.0 Å². The van der Waals surface area contributed by atoms with Crippen molar-refractivity contribution in [2.45, 2.75) is 39.3 Å². The van der Waals surface area contributed by atoms with E-state index in [1.807, 2.05) is 0 Å². The molecule has 2 amide bonds. The highest BCUT2D eigenvalue weighted by Crippen LogP contribution is 2.13. The topological polar surface area (TPSA) is 79.3 Å². The minimum atomic E-state index is -0.426. The summed E-state index contributed by atoms with van der Waals surface area (Å²) < 4.78 is 14.7. The molecule has 1 fully saturated rings. The zero-order valence-corrected chi connectivity index (χ0v) is 16.9. The molecule has 2 N–H and O–H groups in total. The van der Waals surface area contributed by atoms with Gasteiger partial charge in [-0.05, 0) is 43.1 Å². The lowest BCUT2D eigenvalue weighted by Crippen LogP contribution is -2.56. The van der Waals surface area contributed by atoms with Gasteiger partial charge in [0.25, 0.3) is 0 Å². The van der Waals surface area contributed by atoms with Crippen molar-refractivity contribution in [1.82, 2.24) is 25.3 Å². The van der Waals surface area contributed by atoms with Crippen LogP contribution in [0.3, 0.4) is 0 Å². The Morgan fingerprint density at radius 3 is 2.83 bits per heavy atom. The number of piperazine rings is 1. The summed E-state index contributed by atoms with van der Waals surface area (Å²) in [5.41, 5.74) is 1.57. The molecule has 3 rings (SSSR count). The normalized spacial score (nSPS) is 17.4. The van der Waals surface area contributed by atoms with Gasteiger partial charge in [0.2, 0.25) is 11.8 Å². The summed E-state index contributed by atoms with van der Waals surface area (Å²) in [5, 5.41) is 9.97. The highest BCUT2D eigenvalue weighted by molar-refractivity contribution is 5.88. The van der Waals surface area contributed by atoms with E-state index in [1.54, 1.807) is 29.2 Å². The molecule has 0 aliphatic carbocycles. The first-order valence-corrected chi connectivity index (χ1v) is 10.0. The number of hydrogen-bond donors (Lipinski definition) is 2. The van der Waals surface area contributed by atoms with E-state index in [2.05, 4.69) is 34.5 Å². The average molecular weight is 401 g/mol. The fraction of sp³-hybridized carbons (Fsp3) is 0.476. The van der Waals surface area contributed by atoms with E-state index >= 15 is 0 Å². The second-order valence-corrected chi connectivity index (χ2v) is 7.78. The van der Waals surface area contributed by atoms with Crippen LogP contribution in [0.5, 0.6) is 0 Å². The largest absolute Gasteiger partial charge is 0.353 e. The predicted octanol–water partition coefficient (Wildman–Crippen LogP) is 1.86. The third-order valence-corrected chi connectivity index (χ3v) is 5.03. The maximum absolute atomic E-state index is 13.0. The second kappa shape index (κ2) is 9.65. The fourth-order valence-electron chi connectivity index (χ4n) is 3.31. The summed E-state index contributed by atoms with van der Waals surface area (Å²) in [6.45, 7) is 6.82. The van der Waals surface area contributed by atoms with Crippen molar-refractivity contribution in [2.24, 2.45) is 5.92 Å². The standard InChI is InChI=1S/C21H28FN5O2/c1-15(2)7-9-26-10-8-23-21(29)19(26)11-20(28)24-12-16-13-25-27(14-16)18-5-3-17(22)4-6-18/h3-6,13-15,19H,7-12H2,1-2H3,(H,23,29)(H,24,28). The Morgan fingerprint density at radius 1 is 1.34 bits per heavy atom. The van der Waals surface area contributed by atoms with Gasteiger partial charge >= 0.3 is 0 Å². The van der Waals surface area contributed by atoms with Crippen molar-refractivity contribution in [1.29, 1.82) is 0 Å². The number of amides is 2. The number of halogens is 1. The number of rotatable bonds is 8. The first kappa shape index (κ1) is 21.0. The van der Waals surface area contributed by atoms with Crippen molar-refractivity contribution >= 4 is 11.8 Å². The molecule has 8 heteroatoms. The maximum Gasteiger partial charge on any atom is 0.237 e. The molecule has 1 unspecified atom stereocenters. The van der Waals surface area contributed by atoms with Gasteiger partial charge in [-0.25, -0.2) is 9.07 Å². The zero-order valence-electron chi connectivity index (χ0n) is 16.9. The van der Waals surface area contributed by atoms with E-state index in [-0.39, 0.29) is 24.1 Å². The summed E-state index contributed by atoms with van der Waals surface area (Å²) in [5.74, 6) is -0.00916. The van der Waals surface area contributed by atoms with Gasteiger partial charge in [0.05, 0.1) is 24.3 Å². The summed E-state index contributed by atoms with van der Waals surface area (Å²) in [6, 6.07) is 5.60.